The van der Waals surface area contributed by atoms with Crippen LogP contribution in [0.1, 0.15) is 19.3 Å². The van der Waals surface area contributed by atoms with E-state index >= 15 is 0 Å². The number of hydrogen-bond acceptors (Lipinski definition) is 4. The first-order chi connectivity index (χ1) is 9.40. The minimum absolute atomic E-state index is 0.0881. The van der Waals surface area contributed by atoms with Crippen LogP contribution in [0.4, 0.5) is 11.4 Å². The summed E-state index contributed by atoms with van der Waals surface area (Å²) in [6.45, 7) is 0. The Morgan fingerprint density at radius 3 is 2.60 bits per heavy atom. The molecule has 0 aromatic heterocycles. The van der Waals surface area contributed by atoms with E-state index in [0.717, 1.165) is 12.5 Å². The van der Waals surface area contributed by atoms with Crippen LogP contribution in [0.2, 0.25) is 10.0 Å². The smallest absolute Gasteiger partial charge is 0.308 e. The molecule has 0 amide bonds. The van der Waals surface area contributed by atoms with Crippen LogP contribution >= 0.6 is 23.2 Å². The Morgan fingerprint density at radius 1 is 1.35 bits per heavy atom. The Morgan fingerprint density at radius 2 is 2.00 bits per heavy atom. The van der Waals surface area contributed by atoms with Gasteiger partial charge in [0.05, 0.1) is 20.9 Å². The third kappa shape index (κ3) is 2.96. The number of anilines is 1. The molecule has 20 heavy (non-hydrogen) atoms. The lowest BCUT2D eigenvalue weighted by Gasteiger charge is -2.19. The van der Waals surface area contributed by atoms with Crippen molar-refractivity contribution in [3.8, 4) is 0 Å². The number of nitro groups is 1. The number of halogens is 2. The fraction of sp³-hybridized carbons (Fsp3) is 0.417. The van der Waals surface area contributed by atoms with E-state index in [1.165, 1.54) is 6.07 Å². The maximum Gasteiger partial charge on any atom is 0.308 e. The molecule has 1 aromatic carbocycles. The summed E-state index contributed by atoms with van der Waals surface area (Å²) in [5.41, 5.74) is -0.0158. The molecule has 2 N–H and O–H groups in total. The number of hydrogen-bond donors (Lipinski definition) is 2. The predicted molar refractivity (Wildman–Crippen MR) is 75.5 cm³/mol. The van der Waals surface area contributed by atoms with E-state index in [1.807, 2.05) is 0 Å². The Balaban J connectivity index is 2.31. The lowest BCUT2D eigenvalue weighted by molar-refractivity contribution is -0.384. The van der Waals surface area contributed by atoms with Crippen molar-refractivity contribution in [1.82, 2.24) is 0 Å². The van der Waals surface area contributed by atoms with Crippen molar-refractivity contribution in [3.05, 3.63) is 32.3 Å². The average Bonchev–Trinajstić information content (AvgIpc) is 2.81. The van der Waals surface area contributed by atoms with Crippen LogP contribution in [0.3, 0.4) is 0 Å². The van der Waals surface area contributed by atoms with E-state index < -0.39 is 16.8 Å². The first-order valence-corrected chi connectivity index (χ1v) is 6.78. The lowest BCUT2D eigenvalue weighted by Crippen LogP contribution is -2.30. The molecule has 0 heterocycles. The zero-order valence-corrected chi connectivity index (χ0v) is 11.8. The lowest BCUT2D eigenvalue weighted by atomic mass is 10.0. The summed E-state index contributed by atoms with van der Waals surface area (Å²) in [5, 5.41) is 23.3. The third-order valence-corrected chi connectivity index (χ3v) is 4.13. The first kappa shape index (κ1) is 14.9. The van der Waals surface area contributed by atoms with Gasteiger partial charge in [-0.25, -0.2) is 0 Å². The largest absolute Gasteiger partial charge is 0.481 e. The molecule has 1 aromatic rings. The van der Waals surface area contributed by atoms with Crippen molar-refractivity contribution < 1.29 is 14.8 Å². The van der Waals surface area contributed by atoms with Gasteiger partial charge in [-0.2, -0.15) is 0 Å². The second-order valence-corrected chi connectivity index (χ2v) is 5.48. The highest BCUT2D eigenvalue weighted by Crippen LogP contribution is 2.37. The van der Waals surface area contributed by atoms with Gasteiger partial charge in [0.25, 0.3) is 5.69 Å². The molecule has 1 fully saturated rings. The van der Waals surface area contributed by atoms with E-state index in [1.54, 1.807) is 0 Å². The highest BCUT2D eigenvalue weighted by molar-refractivity contribution is 6.42. The van der Waals surface area contributed by atoms with Crippen LogP contribution in [0.25, 0.3) is 0 Å². The van der Waals surface area contributed by atoms with Crippen LogP contribution in [0, 0.1) is 16.0 Å². The zero-order valence-electron chi connectivity index (χ0n) is 10.3. The van der Waals surface area contributed by atoms with Gasteiger partial charge in [-0.1, -0.05) is 29.6 Å². The maximum atomic E-state index is 11.1. The summed E-state index contributed by atoms with van der Waals surface area (Å²) < 4.78 is 0. The molecule has 6 nitrogen and oxygen atoms in total. The molecule has 0 saturated heterocycles. The molecule has 1 saturated carbocycles. The predicted octanol–water partition coefficient (Wildman–Crippen LogP) is 3.57. The van der Waals surface area contributed by atoms with Gasteiger partial charge in [-0.05, 0) is 18.9 Å². The first-order valence-electron chi connectivity index (χ1n) is 6.03. The highest BCUT2D eigenvalue weighted by Gasteiger charge is 2.34. The van der Waals surface area contributed by atoms with Crippen molar-refractivity contribution >= 4 is 40.5 Å². The number of rotatable bonds is 4. The summed E-state index contributed by atoms with van der Waals surface area (Å²) in [6, 6.07) is 2.18. The number of carboxylic acids is 1. The number of nitro benzene ring substituents is 1. The zero-order chi connectivity index (χ0) is 14.9. The van der Waals surface area contributed by atoms with Gasteiger partial charge in [-0.15, -0.1) is 0 Å². The molecule has 108 valence electrons. The molecule has 2 unspecified atom stereocenters. The molecule has 1 aliphatic rings. The summed E-state index contributed by atoms with van der Waals surface area (Å²) in [5.74, 6) is -1.45. The Bertz CT molecular complexity index is 565. The normalized spacial score (nSPS) is 21.7. The van der Waals surface area contributed by atoms with E-state index in [2.05, 4.69) is 5.32 Å². The molecule has 0 radical (unpaired) electrons. The van der Waals surface area contributed by atoms with Crippen molar-refractivity contribution in [2.45, 2.75) is 25.3 Å². The molecular weight excluding hydrogens is 307 g/mol. The van der Waals surface area contributed by atoms with Crippen LogP contribution < -0.4 is 5.32 Å². The molecule has 0 bridgehead atoms. The molecule has 1 aliphatic carbocycles. The van der Waals surface area contributed by atoms with Crippen molar-refractivity contribution in [1.29, 1.82) is 0 Å². The van der Waals surface area contributed by atoms with Gasteiger partial charge in [0, 0.05) is 12.1 Å². The van der Waals surface area contributed by atoms with E-state index in [0.29, 0.717) is 12.8 Å². The summed E-state index contributed by atoms with van der Waals surface area (Å²) in [7, 11) is 0. The topological polar surface area (TPSA) is 92.5 Å². The van der Waals surface area contributed by atoms with Gasteiger partial charge < -0.3 is 10.4 Å². The molecule has 8 heteroatoms. The minimum atomic E-state index is -0.900. The van der Waals surface area contributed by atoms with Crippen molar-refractivity contribution in [2.24, 2.45) is 5.92 Å². The molecule has 0 spiro atoms. The second-order valence-electron chi connectivity index (χ2n) is 4.67. The van der Waals surface area contributed by atoms with Crippen LogP contribution in [0.15, 0.2) is 12.1 Å². The number of aliphatic carboxylic acids is 1. The summed E-state index contributed by atoms with van der Waals surface area (Å²) >= 11 is 11.6. The molecule has 2 atom stereocenters. The number of carbonyl (C=O) groups is 1. The number of nitrogens with zero attached hydrogens (tertiary/aromatic N) is 1. The van der Waals surface area contributed by atoms with Gasteiger partial charge in [0.1, 0.15) is 5.69 Å². The van der Waals surface area contributed by atoms with Gasteiger partial charge in [0.15, 0.2) is 0 Å². The molecule has 0 aliphatic heterocycles. The SMILES string of the molecule is O=C(O)C1CCCC1Nc1cc(Cl)c(Cl)cc1[N+](=O)[O-]. The number of carboxylic acid groups (broad SMARTS) is 1. The van der Waals surface area contributed by atoms with Crippen LogP contribution in [-0.4, -0.2) is 22.0 Å². The van der Waals surface area contributed by atoms with Crippen LogP contribution in [-0.2, 0) is 4.79 Å². The van der Waals surface area contributed by atoms with Gasteiger partial charge >= 0.3 is 5.97 Å². The Labute approximate surface area is 124 Å². The van der Waals surface area contributed by atoms with Crippen molar-refractivity contribution in [2.75, 3.05) is 5.32 Å². The molecular formula is C12H12Cl2N2O4. The van der Waals surface area contributed by atoms with Crippen LogP contribution in [0.5, 0.6) is 0 Å². The fourth-order valence-corrected chi connectivity index (χ4v) is 2.75. The Kier molecular flexibility index (Phi) is 4.35. The van der Waals surface area contributed by atoms with E-state index in [-0.39, 0.29) is 27.5 Å². The number of nitrogens with one attached hydrogen (secondary N) is 1. The second kappa shape index (κ2) is 5.85. The fourth-order valence-electron chi connectivity index (χ4n) is 2.43. The summed E-state index contributed by atoms with van der Waals surface area (Å²) in [6.07, 6.45) is 1.97. The standard InChI is InChI=1S/C12H12Cl2N2O4/c13-7-4-10(11(16(19)20)5-8(7)14)15-9-3-1-2-6(9)12(17)18/h4-6,9,15H,1-3H2,(H,17,18). The minimum Gasteiger partial charge on any atom is -0.481 e. The van der Waals surface area contributed by atoms with Gasteiger partial charge in [-0.3, -0.25) is 14.9 Å². The van der Waals surface area contributed by atoms with Crippen molar-refractivity contribution in [3.63, 3.8) is 0 Å². The van der Waals surface area contributed by atoms with E-state index in [4.69, 9.17) is 28.3 Å². The maximum absolute atomic E-state index is 11.1. The molecule has 2 rings (SSSR count). The number of benzene rings is 1. The van der Waals surface area contributed by atoms with Gasteiger partial charge in [0.2, 0.25) is 0 Å². The monoisotopic (exact) mass is 318 g/mol. The van der Waals surface area contributed by atoms with E-state index in [9.17, 15) is 14.9 Å². The average molecular weight is 319 g/mol. The Hall–Kier alpha value is -1.53. The quantitative estimate of drug-likeness (QED) is 0.654. The third-order valence-electron chi connectivity index (χ3n) is 3.41. The summed E-state index contributed by atoms with van der Waals surface area (Å²) in [4.78, 5) is 21.6. The highest BCUT2D eigenvalue weighted by atomic mass is 35.5.